The van der Waals surface area contributed by atoms with Gasteiger partial charge in [-0.1, -0.05) is 6.07 Å². The zero-order chi connectivity index (χ0) is 18.7. The molecular formula is C19H21F2N3O2. The van der Waals surface area contributed by atoms with E-state index < -0.39 is 11.6 Å². The van der Waals surface area contributed by atoms with E-state index in [4.69, 9.17) is 4.74 Å². The molecule has 7 heteroatoms. The van der Waals surface area contributed by atoms with E-state index in [9.17, 15) is 13.6 Å². The van der Waals surface area contributed by atoms with Crippen molar-refractivity contribution in [2.75, 3.05) is 13.1 Å². The number of aromatic nitrogens is 2. The maximum Gasteiger partial charge on any atom is 0.227 e. The molecule has 1 saturated heterocycles. The second-order valence-electron chi connectivity index (χ2n) is 6.53. The molecule has 0 bridgehead atoms. The lowest BCUT2D eigenvalue weighted by atomic mass is 10.1. The Hall–Kier alpha value is -2.57. The van der Waals surface area contributed by atoms with Crippen molar-refractivity contribution in [2.45, 2.75) is 39.2 Å². The van der Waals surface area contributed by atoms with E-state index in [1.165, 1.54) is 6.07 Å². The van der Waals surface area contributed by atoms with Gasteiger partial charge in [-0.25, -0.2) is 13.8 Å². The van der Waals surface area contributed by atoms with E-state index in [2.05, 4.69) is 9.97 Å². The lowest BCUT2D eigenvalue weighted by Crippen LogP contribution is -2.45. The highest BCUT2D eigenvalue weighted by atomic mass is 19.1. The summed E-state index contributed by atoms with van der Waals surface area (Å²) in [4.78, 5) is 22.6. The van der Waals surface area contributed by atoms with Crippen LogP contribution in [0.5, 0.6) is 5.88 Å². The molecule has 1 aromatic carbocycles. The molecule has 2 heterocycles. The molecule has 0 aliphatic carbocycles. The summed E-state index contributed by atoms with van der Waals surface area (Å²) in [6, 6.07) is 5.03. The minimum absolute atomic E-state index is 0.0927. The lowest BCUT2D eigenvalue weighted by Gasteiger charge is -2.32. The van der Waals surface area contributed by atoms with Crippen molar-refractivity contribution in [1.29, 1.82) is 0 Å². The Bertz CT molecular complexity index is 793. The third-order valence-electron chi connectivity index (χ3n) is 4.32. The molecule has 0 radical (unpaired) electrons. The number of rotatable bonds is 4. The molecule has 1 amide bonds. The first-order chi connectivity index (χ1) is 12.4. The topological polar surface area (TPSA) is 55.3 Å². The number of halogens is 2. The van der Waals surface area contributed by atoms with Gasteiger partial charge >= 0.3 is 0 Å². The number of nitrogens with zero attached hydrogens (tertiary/aromatic N) is 3. The van der Waals surface area contributed by atoms with Crippen LogP contribution >= 0.6 is 0 Å². The van der Waals surface area contributed by atoms with Crippen LogP contribution < -0.4 is 4.74 Å². The molecule has 1 unspecified atom stereocenters. The van der Waals surface area contributed by atoms with Crippen LogP contribution in [-0.4, -0.2) is 40.0 Å². The number of hydrogen-bond acceptors (Lipinski definition) is 4. The monoisotopic (exact) mass is 361 g/mol. The zero-order valence-corrected chi connectivity index (χ0v) is 14.8. The largest absolute Gasteiger partial charge is 0.472 e. The van der Waals surface area contributed by atoms with Crippen molar-refractivity contribution >= 4 is 5.91 Å². The van der Waals surface area contributed by atoms with Gasteiger partial charge in [0.1, 0.15) is 23.6 Å². The van der Waals surface area contributed by atoms with Gasteiger partial charge in [-0.05, 0) is 38.3 Å². The average molecular weight is 361 g/mol. The predicted octanol–water partition coefficient (Wildman–Crippen LogP) is 2.98. The molecule has 3 rings (SSSR count). The third kappa shape index (κ3) is 4.53. The molecule has 0 spiro atoms. The van der Waals surface area contributed by atoms with Gasteiger partial charge in [0, 0.05) is 24.4 Å². The molecule has 2 aromatic rings. The van der Waals surface area contributed by atoms with Crippen LogP contribution in [0.15, 0.2) is 24.3 Å². The average Bonchev–Trinajstić information content (AvgIpc) is 2.56. The fourth-order valence-electron chi connectivity index (χ4n) is 3.11. The molecule has 1 aromatic heterocycles. The van der Waals surface area contributed by atoms with Crippen LogP contribution in [-0.2, 0) is 11.2 Å². The first-order valence-corrected chi connectivity index (χ1v) is 8.61. The smallest absolute Gasteiger partial charge is 0.227 e. The molecular weight excluding hydrogens is 340 g/mol. The van der Waals surface area contributed by atoms with Crippen molar-refractivity contribution < 1.29 is 18.3 Å². The number of carbonyl (C=O) groups excluding carboxylic acids is 1. The third-order valence-corrected chi connectivity index (χ3v) is 4.32. The maximum absolute atomic E-state index is 13.8. The minimum atomic E-state index is -0.699. The van der Waals surface area contributed by atoms with Crippen LogP contribution in [0.2, 0.25) is 0 Å². The summed E-state index contributed by atoms with van der Waals surface area (Å²) in [7, 11) is 0. The number of ether oxygens (including phenoxy) is 1. The van der Waals surface area contributed by atoms with Crippen LogP contribution in [0.4, 0.5) is 8.78 Å². The van der Waals surface area contributed by atoms with Gasteiger partial charge < -0.3 is 9.64 Å². The number of carbonyl (C=O) groups is 1. The van der Waals surface area contributed by atoms with Gasteiger partial charge in [0.15, 0.2) is 0 Å². The quantitative estimate of drug-likeness (QED) is 0.840. The fraction of sp³-hybridized carbons (Fsp3) is 0.421. The second kappa shape index (κ2) is 7.76. The van der Waals surface area contributed by atoms with Crippen LogP contribution in [0.3, 0.4) is 0 Å². The van der Waals surface area contributed by atoms with Gasteiger partial charge in [-0.15, -0.1) is 0 Å². The van der Waals surface area contributed by atoms with Crippen molar-refractivity contribution in [3.05, 3.63) is 53.0 Å². The molecule has 0 N–H and O–H groups in total. The molecule has 5 nitrogen and oxygen atoms in total. The zero-order valence-electron chi connectivity index (χ0n) is 14.8. The molecule has 0 saturated carbocycles. The number of hydrogen-bond donors (Lipinski definition) is 0. The summed E-state index contributed by atoms with van der Waals surface area (Å²) in [5, 5.41) is 0. The molecule has 1 fully saturated rings. The SMILES string of the molecule is Cc1cc(OC2CCCN(C(=O)Cc3ccc(F)cc3F)C2)nc(C)n1. The fourth-order valence-corrected chi connectivity index (χ4v) is 3.11. The molecule has 1 aliphatic rings. The van der Waals surface area contributed by atoms with Crippen LogP contribution in [0.1, 0.15) is 29.9 Å². The van der Waals surface area contributed by atoms with Gasteiger partial charge in [-0.3, -0.25) is 4.79 Å². The van der Waals surface area contributed by atoms with E-state index in [0.717, 1.165) is 30.7 Å². The standard InChI is InChI=1S/C19H21F2N3O2/c1-12-8-18(23-13(2)22-12)26-16-4-3-7-24(11-16)19(25)9-14-5-6-15(20)10-17(14)21/h5-6,8,10,16H,3-4,7,9,11H2,1-2H3. The number of piperidine rings is 1. The van der Waals surface area contributed by atoms with E-state index >= 15 is 0 Å². The van der Waals surface area contributed by atoms with E-state index in [-0.39, 0.29) is 24.0 Å². The predicted molar refractivity (Wildman–Crippen MR) is 91.8 cm³/mol. The molecule has 26 heavy (non-hydrogen) atoms. The second-order valence-corrected chi connectivity index (χ2v) is 6.53. The van der Waals surface area contributed by atoms with E-state index in [1.54, 1.807) is 17.9 Å². The first kappa shape index (κ1) is 18.2. The first-order valence-electron chi connectivity index (χ1n) is 8.61. The summed E-state index contributed by atoms with van der Waals surface area (Å²) < 4.78 is 32.7. The lowest BCUT2D eigenvalue weighted by molar-refractivity contribution is -0.133. The highest BCUT2D eigenvalue weighted by molar-refractivity contribution is 5.79. The highest BCUT2D eigenvalue weighted by Crippen LogP contribution is 2.19. The Labute approximate surface area is 151 Å². The van der Waals surface area contributed by atoms with Gasteiger partial charge in [-0.2, -0.15) is 4.98 Å². The normalized spacial score (nSPS) is 17.2. The summed E-state index contributed by atoms with van der Waals surface area (Å²) in [6.07, 6.45) is 1.35. The van der Waals surface area contributed by atoms with Crippen molar-refractivity contribution in [3.63, 3.8) is 0 Å². The number of benzene rings is 1. The van der Waals surface area contributed by atoms with Crippen LogP contribution in [0, 0.1) is 25.5 Å². The van der Waals surface area contributed by atoms with E-state index in [0.29, 0.717) is 24.8 Å². The Morgan fingerprint density at radius 2 is 2.08 bits per heavy atom. The van der Waals surface area contributed by atoms with E-state index in [1.807, 2.05) is 6.92 Å². The number of likely N-dealkylation sites (tertiary alicyclic amines) is 1. The van der Waals surface area contributed by atoms with Crippen molar-refractivity contribution in [3.8, 4) is 5.88 Å². The number of amides is 1. The highest BCUT2D eigenvalue weighted by Gasteiger charge is 2.26. The molecule has 1 aliphatic heterocycles. The van der Waals surface area contributed by atoms with Gasteiger partial charge in [0.2, 0.25) is 11.8 Å². The van der Waals surface area contributed by atoms with Gasteiger partial charge in [0.25, 0.3) is 0 Å². The summed E-state index contributed by atoms with van der Waals surface area (Å²) in [5.74, 6) is -0.413. The maximum atomic E-state index is 13.8. The Morgan fingerprint density at radius 3 is 2.81 bits per heavy atom. The molecule has 1 atom stereocenters. The summed E-state index contributed by atoms with van der Waals surface area (Å²) >= 11 is 0. The Kier molecular flexibility index (Phi) is 5.44. The minimum Gasteiger partial charge on any atom is -0.472 e. The summed E-state index contributed by atoms with van der Waals surface area (Å²) in [5.41, 5.74) is 1.02. The van der Waals surface area contributed by atoms with Gasteiger partial charge in [0.05, 0.1) is 13.0 Å². The number of aryl methyl sites for hydroxylation is 2. The van der Waals surface area contributed by atoms with Crippen molar-refractivity contribution in [2.24, 2.45) is 0 Å². The Balaban J connectivity index is 1.63. The van der Waals surface area contributed by atoms with Crippen molar-refractivity contribution in [1.82, 2.24) is 14.9 Å². The molecule has 138 valence electrons. The summed E-state index contributed by atoms with van der Waals surface area (Å²) in [6.45, 7) is 4.69. The van der Waals surface area contributed by atoms with Crippen LogP contribution in [0.25, 0.3) is 0 Å². The Morgan fingerprint density at radius 1 is 1.27 bits per heavy atom.